The van der Waals surface area contributed by atoms with Crippen LogP contribution in [0.15, 0.2) is 0 Å². The summed E-state index contributed by atoms with van der Waals surface area (Å²) in [5.41, 5.74) is 0. The Hall–Kier alpha value is -5.14. The fourth-order valence-corrected chi connectivity index (χ4v) is 6.20. The van der Waals surface area contributed by atoms with Crippen LogP contribution in [0.5, 0.6) is 48.1 Å². The Bertz CT molecular complexity index is 1740. The number of quaternary nitrogens is 2. The molecule has 0 spiro atoms. The Morgan fingerprint density at radius 1 is 0.397 bits per heavy atom. The van der Waals surface area contributed by atoms with E-state index in [0.717, 1.165) is 13.1 Å². The summed E-state index contributed by atoms with van der Waals surface area (Å²) in [4.78, 5) is 56.5. The van der Waals surface area contributed by atoms with Gasteiger partial charge in [0.15, 0.2) is 23.7 Å². The molecule has 26 heteroatoms. The van der Waals surface area contributed by atoms with E-state index in [1.54, 1.807) is 0 Å². The molecule has 0 bridgehead atoms. The number of hydrogen-bond acceptors (Lipinski definition) is 22. The summed E-state index contributed by atoms with van der Waals surface area (Å²) in [6.45, 7) is 4.44. The topological polar surface area (TPSA) is 235 Å². The van der Waals surface area contributed by atoms with Gasteiger partial charge in [-0.2, -0.15) is 19.9 Å². The number of rotatable bonds is 12. The summed E-state index contributed by atoms with van der Waals surface area (Å²) in [6, 6.07) is 1.08. The summed E-state index contributed by atoms with van der Waals surface area (Å²) in [5.74, 6) is 2.05. The zero-order valence-electron chi connectivity index (χ0n) is 34.6. The van der Waals surface area contributed by atoms with E-state index in [4.69, 9.17) is 37.9 Å². The highest BCUT2D eigenvalue weighted by Crippen LogP contribution is 2.37. The maximum absolute atomic E-state index is 5.22. The summed E-state index contributed by atoms with van der Waals surface area (Å²) >= 11 is 0. The molecule has 0 aliphatic carbocycles. The molecule has 58 heavy (non-hydrogen) atoms. The van der Waals surface area contributed by atoms with E-state index in [9.17, 15) is 0 Å². The molecule has 6 heterocycles. The van der Waals surface area contributed by atoms with Gasteiger partial charge in [-0.1, -0.05) is 0 Å². The Morgan fingerprint density at radius 2 is 0.621 bits per heavy atom. The summed E-state index contributed by atoms with van der Waals surface area (Å²) in [5, 5.41) is 0. The van der Waals surface area contributed by atoms with Gasteiger partial charge in [0.25, 0.3) is 0 Å². The van der Waals surface area contributed by atoms with E-state index in [2.05, 4.69) is 69.6 Å². The number of nitrogens with zero attached hydrogens (tertiary/aromatic N) is 16. The Morgan fingerprint density at radius 3 is 0.845 bits per heavy atom. The van der Waals surface area contributed by atoms with Crippen LogP contribution in [0.25, 0.3) is 0 Å². The van der Waals surface area contributed by atoms with Gasteiger partial charge in [-0.15, -0.1) is 39.9 Å². The predicted octanol–water partition coefficient (Wildman–Crippen LogP) is -6.56. The van der Waals surface area contributed by atoms with Crippen LogP contribution in [0, 0.1) is 0 Å². The number of methoxy groups -OCH3 is 8. The lowest BCUT2D eigenvalue weighted by Gasteiger charge is -2.43. The maximum Gasteiger partial charge on any atom is 0.338 e. The van der Waals surface area contributed by atoms with Crippen LogP contribution >= 0.6 is 0 Å². The van der Waals surface area contributed by atoms with Crippen LogP contribution in [0.4, 0.5) is 11.9 Å². The van der Waals surface area contributed by atoms with Gasteiger partial charge in [-0.3, -0.25) is 9.80 Å². The average molecular weight is 858 g/mol. The highest BCUT2D eigenvalue weighted by Gasteiger charge is 2.47. The molecular weight excluding hydrogens is 807 g/mol. The van der Waals surface area contributed by atoms with Gasteiger partial charge in [0.05, 0.1) is 97.2 Å². The lowest BCUT2D eigenvalue weighted by molar-refractivity contribution is -0.001000. The lowest BCUT2D eigenvalue weighted by Crippen LogP contribution is -3.00. The van der Waals surface area contributed by atoms with Crippen LogP contribution in [0.3, 0.4) is 0 Å². The van der Waals surface area contributed by atoms with E-state index < -0.39 is 0 Å². The van der Waals surface area contributed by atoms with Crippen molar-refractivity contribution in [3.8, 4) is 48.1 Å². The molecule has 4 atom stereocenters. The fraction of sp³-hybridized carbons (Fsp3) is 0.625. The van der Waals surface area contributed by atoms with Gasteiger partial charge in [-0.05, 0) is 14.1 Å². The molecule has 0 N–H and O–H groups in total. The zero-order chi connectivity index (χ0) is 40.6. The number of aromatic nitrogens is 12. The van der Waals surface area contributed by atoms with Crippen LogP contribution < -0.4 is 71.7 Å². The molecule has 2 fully saturated rings. The number of ether oxygens (including phenoxy) is 8. The second-order valence-corrected chi connectivity index (χ2v) is 13.1. The zero-order valence-corrected chi connectivity index (χ0v) is 36.1. The van der Waals surface area contributed by atoms with Crippen molar-refractivity contribution in [1.29, 1.82) is 0 Å². The Balaban J connectivity index is 0.000000300. The first kappa shape index (κ1) is 47.2. The molecular formula is C32H50Cl2N16O8. The SMILES string of the molecule is COc1nc(OC)nc(C2CN(C)CC[N+]2(C)c2nc(OC)nc(OC)n2)n1.COc1nc(OC)nc(C2CN(C)CC[N+]2(C)c2nc(OC)nc(OC)n2)n1.[Cl-].[Cl-]. The van der Waals surface area contributed by atoms with Gasteiger partial charge in [-0.25, -0.2) is 8.97 Å². The Labute approximate surface area is 348 Å². The molecule has 4 aromatic heterocycles. The fourth-order valence-electron chi connectivity index (χ4n) is 6.20. The molecule has 4 unspecified atom stereocenters. The molecule has 24 nitrogen and oxygen atoms in total. The summed E-state index contributed by atoms with van der Waals surface area (Å²) in [7, 11) is 20.1. The quantitative estimate of drug-likeness (QED) is 0.121. The normalized spacial score (nSPS) is 21.8. The van der Waals surface area contributed by atoms with Crippen molar-refractivity contribution >= 4 is 11.9 Å². The van der Waals surface area contributed by atoms with Gasteiger partial charge >= 0.3 is 60.0 Å². The first-order valence-corrected chi connectivity index (χ1v) is 17.3. The van der Waals surface area contributed by atoms with E-state index in [1.807, 2.05) is 28.2 Å². The third-order valence-corrected chi connectivity index (χ3v) is 9.60. The smallest absolute Gasteiger partial charge is 0.338 e. The molecule has 320 valence electrons. The number of hydrogen-bond donors (Lipinski definition) is 0. The Kier molecular flexibility index (Phi) is 16.7. The minimum Gasteiger partial charge on any atom is -1.00 e. The average Bonchev–Trinajstić information content (AvgIpc) is 3.24. The van der Waals surface area contributed by atoms with Crippen molar-refractivity contribution in [2.24, 2.45) is 0 Å². The van der Waals surface area contributed by atoms with E-state index in [0.29, 0.717) is 58.7 Å². The van der Waals surface area contributed by atoms with E-state index in [1.165, 1.54) is 56.9 Å². The number of likely N-dealkylation sites (N-methyl/N-ethyl adjacent to an activating group) is 4. The van der Waals surface area contributed by atoms with Crippen molar-refractivity contribution < 1.29 is 62.7 Å². The molecule has 0 amide bonds. The molecule has 2 saturated heterocycles. The van der Waals surface area contributed by atoms with Crippen LogP contribution in [-0.2, 0) is 0 Å². The molecule has 2 aliphatic rings. The van der Waals surface area contributed by atoms with Crippen LogP contribution in [0.2, 0.25) is 0 Å². The molecule has 0 radical (unpaired) electrons. The van der Waals surface area contributed by atoms with Crippen molar-refractivity contribution in [1.82, 2.24) is 78.6 Å². The summed E-state index contributed by atoms with van der Waals surface area (Å²) < 4.78 is 42.4. The first-order chi connectivity index (χ1) is 26.9. The van der Waals surface area contributed by atoms with Gasteiger partial charge in [0.2, 0.25) is 0 Å². The molecule has 2 aliphatic heterocycles. The largest absolute Gasteiger partial charge is 1.00 e. The monoisotopic (exact) mass is 856 g/mol. The van der Waals surface area contributed by atoms with Gasteiger partial charge < -0.3 is 62.7 Å². The summed E-state index contributed by atoms with van der Waals surface area (Å²) in [6.07, 6.45) is 0. The minimum atomic E-state index is -0.207. The second kappa shape index (κ2) is 20.5. The number of piperazine rings is 2. The van der Waals surface area contributed by atoms with Crippen LogP contribution in [-0.4, -0.2) is 194 Å². The molecule has 0 aromatic carbocycles. The van der Waals surface area contributed by atoms with E-state index in [-0.39, 0.29) is 85.0 Å². The van der Waals surface area contributed by atoms with Crippen molar-refractivity contribution in [2.75, 3.05) is 124 Å². The van der Waals surface area contributed by atoms with Crippen molar-refractivity contribution in [2.45, 2.75) is 12.1 Å². The molecule has 0 saturated carbocycles. The first-order valence-electron chi connectivity index (χ1n) is 17.3. The predicted molar refractivity (Wildman–Crippen MR) is 197 cm³/mol. The second-order valence-electron chi connectivity index (χ2n) is 13.1. The number of halogens is 2. The van der Waals surface area contributed by atoms with Crippen molar-refractivity contribution in [3.05, 3.63) is 11.6 Å². The molecule has 6 rings (SSSR count). The minimum absolute atomic E-state index is 0. The highest BCUT2D eigenvalue weighted by atomic mass is 35.5. The maximum atomic E-state index is 5.22. The van der Waals surface area contributed by atoms with Crippen molar-refractivity contribution in [3.63, 3.8) is 0 Å². The van der Waals surface area contributed by atoms with E-state index >= 15 is 0 Å². The lowest BCUT2D eigenvalue weighted by atomic mass is 10.1. The van der Waals surface area contributed by atoms with Crippen LogP contribution in [0.1, 0.15) is 23.7 Å². The third-order valence-electron chi connectivity index (χ3n) is 9.60. The third kappa shape index (κ3) is 10.3. The molecule has 4 aromatic rings. The highest BCUT2D eigenvalue weighted by molar-refractivity contribution is 5.33. The van der Waals surface area contributed by atoms with Gasteiger partial charge in [0, 0.05) is 13.1 Å². The standard InChI is InChI=1S/2C16H25N8O4.2ClH/c2*1-23-7-8-24(2,12-19-15(27-5)22-16(20-12)28-6)10(9-23)11-17-13(25-3)21-14(18-11)26-4;;/h2*10H,7-9H2,1-6H3;2*1H/q2*+1;;/p-2. The van der Waals surface area contributed by atoms with Gasteiger partial charge in [0.1, 0.15) is 0 Å².